The highest BCUT2D eigenvalue weighted by Crippen LogP contribution is 2.16. The molecule has 6 heteroatoms. The van der Waals surface area contributed by atoms with Crippen molar-refractivity contribution in [3.05, 3.63) is 35.9 Å². The van der Waals surface area contributed by atoms with Crippen molar-refractivity contribution in [3.8, 4) is 0 Å². The molecule has 2 saturated heterocycles. The van der Waals surface area contributed by atoms with Gasteiger partial charge in [-0.15, -0.1) is 0 Å². The van der Waals surface area contributed by atoms with Crippen molar-refractivity contribution < 1.29 is 23.7 Å². The second kappa shape index (κ2) is 7.00. The van der Waals surface area contributed by atoms with Gasteiger partial charge in [0, 0.05) is 12.0 Å². The molecule has 0 atom stereocenters. The Kier molecular flexibility index (Phi) is 4.82. The highest BCUT2D eigenvalue weighted by Gasteiger charge is 2.28. The molecule has 1 aromatic carbocycles. The number of hydrogen-bond acceptors (Lipinski definition) is 5. The fraction of sp³-hybridized carbons (Fsp3) is 0.533. The molecule has 1 aromatic rings. The minimum absolute atomic E-state index is 0.117. The maximum absolute atomic E-state index is 12.0. The summed E-state index contributed by atoms with van der Waals surface area (Å²) in [5.41, 5.74) is 0.632. The second-order valence-electron chi connectivity index (χ2n) is 5.04. The molecule has 0 unspecified atom stereocenters. The minimum atomic E-state index is -0.335. The van der Waals surface area contributed by atoms with Crippen LogP contribution in [0, 0.1) is 0 Å². The lowest BCUT2D eigenvalue weighted by Gasteiger charge is -2.30. The monoisotopic (exact) mass is 293 g/mol. The Labute approximate surface area is 123 Å². The Hall–Kier alpha value is -1.47. The van der Waals surface area contributed by atoms with Crippen LogP contribution in [0.2, 0.25) is 0 Å². The van der Waals surface area contributed by atoms with Gasteiger partial charge < -0.3 is 24.3 Å². The van der Waals surface area contributed by atoms with Crippen LogP contribution in [0.25, 0.3) is 0 Å². The molecule has 0 bridgehead atoms. The number of rotatable bonds is 4. The largest absolute Gasteiger partial charge is 0.350 e. The predicted octanol–water partition coefficient (Wildman–Crippen LogP) is 0.921. The third-order valence-corrected chi connectivity index (χ3v) is 3.41. The lowest BCUT2D eigenvalue weighted by atomic mass is 10.2. The molecule has 1 N–H and O–H groups in total. The van der Waals surface area contributed by atoms with Gasteiger partial charge in [0.15, 0.2) is 12.6 Å². The first-order valence-electron chi connectivity index (χ1n) is 7.13. The summed E-state index contributed by atoms with van der Waals surface area (Å²) in [5, 5.41) is 2.90. The molecule has 0 aromatic heterocycles. The number of hydrogen-bond donors (Lipinski definition) is 1. The van der Waals surface area contributed by atoms with E-state index < -0.39 is 0 Å². The molecule has 0 aliphatic carbocycles. The summed E-state index contributed by atoms with van der Waals surface area (Å²) >= 11 is 0. The van der Waals surface area contributed by atoms with Gasteiger partial charge in [0.25, 0.3) is 5.91 Å². The van der Waals surface area contributed by atoms with Gasteiger partial charge in [-0.3, -0.25) is 4.79 Å². The van der Waals surface area contributed by atoms with Crippen LogP contribution >= 0.6 is 0 Å². The second-order valence-corrected chi connectivity index (χ2v) is 5.04. The third-order valence-electron chi connectivity index (χ3n) is 3.41. The zero-order chi connectivity index (χ0) is 14.5. The van der Waals surface area contributed by atoms with Gasteiger partial charge in [-0.1, -0.05) is 18.2 Å². The van der Waals surface area contributed by atoms with Crippen molar-refractivity contribution in [1.29, 1.82) is 0 Å². The molecule has 6 nitrogen and oxygen atoms in total. The average molecular weight is 293 g/mol. The number of carbonyl (C=O) groups is 1. The van der Waals surface area contributed by atoms with Crippen molar-refractivity contribution in [2.75, 3.05) is 26.4 Å². The average Bonchev–Trinajstić information content (AvgIpc) is 3.03. The molecular formula is C15H19NO5. The van der Waals surface area contributed by atoms with Crippen molar-refractivity contribution in [1.82, 2.24) is 5.32 Å². The summed E-state index contributed by atoms with van der Waals surface area (Å²) in [7, 11) is 0. The molecule has 3 rings (SSSR count). The van der Waals surface area contributed by atoms with Crippen LogP contribution in [0.5, 0.6) is 0 Å². The van der Waals surface area contributed by atoms with Gasteiger partial charge in [-0.25, -0.2) is 0 Å². The van der Waals surface area contributed by atoms with Crippen molar-refractivity contribution in [2.24, 2.45) is 0 Å². The number of ether oxygens (including phenoxy) is 4. The van der Waals surface area contributed by atoms with E-state index in [1.54, 1.807) is 12.1 Å². The molecule has 114 valence electrons. The number of nitrogens with one attached hydrogen (secondary N) is 1. The molecule has 21 heavy (non-hydrogen) atoms. The zero-order valence-electron chi connectivity index (χ0n) is 11.7. The van der Waals surface area contributed by atoms with E-state index in [1.807, 2.05) is 18.2 Å². The topological polar surface area (TPSA) is 66.0 Å². The third kappa shape index (κ3) is 4.01. The normalized spacial score (nSPS) is 26.7. The van der Waals surface area contributed by atoms with E-state index in [0.717, 1.165) is 0 Å². The van der Waals surface area contributed by atoms with Gasteiger partial charge in [0.05, 0.1) is 32.5 Å². The SMILES string of the molecule is O=C(NC1COC(CC2OCCO2)OC1)c1ccccc1. The van der Waals surface area contributed by atoms with Gasteiger partial charge in [-0.2, -0.15) is 0 Å². The standard InChI is InChI=1S/C15H19NO5/c17-15(11-4-2-1-3-5-11)16-12-9-20-14(21-10-12)8-13-18-6-7-19-13/h1-5,12-14H,6-10H2,(H,16,17). The molecule has 2 aliphatic heterocycles. The van der Waals surface area contributed by atoms with Crippen LogP contribution < -0.4 is 5.32 Å². The number of amides is 1. The van der Waals surface area contributed by atoms with E-state index in [0.29, 0.717) is 38.4 Å². The Morgan fingerprint density at radius 1 is 1.00 bits per heavy atom. The summed E-state index contributed by atoms with van der Waals surface area (Å²) in [4.78, 5) is 12.0. The summed E-state index contributed by atoms with van der Waals surface area (Å²) < 4.78 is 21.9. The maximum Gasteiger partial charge on any atom is 0.251 e. The van der Waals surface area contributed by atoms with Crippen LogP contribution in [-0.4, -0.2) is 51.0 Å². The van der Waals surface area contributed by atoms with Gasteiger partial charge in [0.1, 0.15) is 0 Å². The lowest BCUT2D eigenvalue weighted by molar-refractivity contribution is -0.216. The van der Waals surface area contributed by atoms with E-state index in [4.69, 9.17) is 18.9 Å². The molecule has 0 saturated carbocycles. The molecule has 2 aliphatic rings. The highest BCUT2D eigenvalue weighted by molar-refractivity contribution is 5.94. The summed E-state index contributed by atoms with van der Waals surface area (Å²) in [5.74, 6) is -0.117. The number of benzene rings is 1. The Balaban J connectivity index is 1.42. The summed E-state index contributed by atoms with van der Waals surface area (Å²) in [6.07, 6.45) is -0.0252. The first-order chi connectivity index (χ1) is 10.3. The van der Waals surface area contributed by atoms with Crippen molar-refractivity contribution in [2.45, 2.75) is 25.0 Å². The Morgan fingerprint density at radius 2 is 1.62 bits per heavy atom. The molecule has 1 amide bonds. The van der Waals surface area contributed by atoms with E-state index >= 15 is 0 Å². The van der Waals surface area contributed by atoms with Crippen LogP contribution in [0.3, 0.4) is 0 Å². The molecule has 2 heterocycles. The van der Waals surface area contributed by atoms with Crippen LogP contribution in [0.15, 0.2) is 30.3 Å². The van der Waals surface area contributed by atoms with Crippen LogP contribution in [0.1, 0.15) is 16.8 Å². The number of carbonyl (C=O) groups excluding carboxylic acids is 1. The molecule has 0 radical (unpaired) electrons. The minimum Gasteiger partial charge on any atom is -0.350 e. The van der Waals surface area contributed by atoms with Crippen LogP contribution in [0.4, 0.5) is 0 Å². The quantitative estimate of drug-likeness (QED) is 0.894. The van der Waals surface area contributed by atoms with E-state index in [-0.39, 0.29) is 24.5 Å². The highest BCUT2D eigenvalue weighted by atomic mass is 16.7. The predicted molar refractivity (Wildman–Crippen MR) is 73.7 cm³/mol. The summed E-state index contributed by atoms with van der Waals surface area (Å²) in [6, 6.07) is 8.95. The maximum atomic E-state index is 12.0. The first-order valence-corrected chi connectivity index (χ1v) is 7.13. The fourth-order valence-electron chi connectivity index (χ4n) is 2.32. The van der Waals surface area contributed by atoms with Gasteiger partial charge in [-0.05, 0) is 12.1 Å². The molecule has 2 fully saturated rings. The Morgan fingerprint density at radius 3 is 2.29 bits per heavy atom. The first kappa shape index (κ1) is 14.5. The Bertz CT molecular complexity index is 452. The lowest BCUT2D eigenvalue weighted by Crippen LogP contribution is -2.47. The fourth-order valence-corrected chi connectivity index (χ4v) is 2.32. The van der Waals surface area contributed by atoms with E-state index in [2.05, 4.69) is 5.32 Å². The van der Waals surface area contributed by atoms with E-state index in [9.17, 15) is 4.79 Å². The van der Waals surface area contributed by atoms with Gasteiger partial charge in [0.2, 0.25) is 0 Å². The van der Waals surface area contributed by atoms with Crippen molar-refractivity contribution >= 4 is 5.91 Å². The zero-order valence-corrected chi connectivity index (χ0v) is 11.7. The van der Waals surface area contributed by atoms with Crippen LogP contribution in [-0.2, 0) is 18.9 Å². The summed E-state index contributed by atoms with van der Waals surface area (Å²) in [6.45, 7) is 2.09. The smallest absolute Gasteiger partial charge is 0.251 e. The van der Waals surface area contributed by atoms with Gasteiger partial charge >= 0.3 is 0 Å². The van der Waals surface area contributed by atoms with E-state index in [1.165, 1.54) is 0 Å². The molecule has 0 spiro atoms. The molecular weight excluding hydrogens is 274 g/mol. The van der Waals surface area contributed by atoms with Crippen molar-refractivity contribution in [3.63, 3.8) is 0 Å².